The van der Waals surface area contributed by atoms with Crippen LogP contribution in [-0.4, -0.2) is 39.0 Å². The summed E-state index contributed by atoms with van der Waals surface area (Å²) in [6.45, 7) is 5.49. The Labute approximate surface area is 79.1 Å². The molecule has 1 unspecified atom stereocenters. The molecule has 0 aliphatic carbocycles. The highest BCUT2D eigenvalue weighted by atomic mass is 16.7. The molecule has 13 heavy (non-hydrogen) atoms. The van der Waals surface area contributed by atoms with Crippen LogP contribution in [0.1, 0.15) is 20.3 Å². The second-order valence-electron chi connectivity index (χ2n) is 3.55. The molecular formula is C9H18O4. The fourth-order valence-corrected chi connectivity index (χ4v) is 1.26. The molecule has 1 rings (SSSR count). The van der Waals surface area contributed by atoms with Gasteiger partial charge in [0.2, 0.25) is 0 Å². The molecule has 1 heterocycles. The Bertz CT molecular complexity index is 147. The van der Waals surface area contributed by atoms with E-state index in [0.717, 1.165) is 6.42 Å². The monoisotopic (exact) mass is 190 g/mol. The molecule has 1 saturated heterocycles. The zero-order valence-corrected chi connectivity index (χ0v) is 8.54. The fraction of sp³-hybridized carbons (Fsp3) is 1.00. The first-order chi connectivity index (χ1) is 6.14. The van der Waals surface area contributed by atoms with Gasteiger partial charge in [-0.2, -0.15) is 0 Å². The lowest BCUT2D eigenvalue weighted by atomic mass is 10.3. The lowest BCUT2D eigenvalue weighted by Crippen LogP contribution is -2.22. The maximum atomic E-state index is 5.59. The molecule has 0 aromatic rings. The van der Waals surface area contributed by atoms with Crippen LogP contribution in [-0.2, 0) is 18.9 Å². The van der Waals surface area contributed by atoms with Crippen LogP contribution in [0.5, 0.6) is 0 Å². The molecule has 1 fully saturated rings. The molecule has 0 spiro atoms. The van der Waals surface area contributed by atoms with E-state index in [0.29, 0.717) is 20.0 Å². The number of rotatable bonds is 5. The summed E-state index contributed by atoms with van der Waals surface area (Å²) in [5.74, 6) is -0.425. The highest BCUT2D eigenvalue weighted by Crippen LogP contribution is 2.23. The first kappa shape index (κ1) is 10.9. The second-order valence-corrected chi connectivity index (χ2v) is 3.55. The molecule has 4 nitrogen and oxygen atoms in total. The van der Waals surface area contributed by atoms with Crippen molar-refractivity contribution in [2.45, 2.75) is 32.2 Å². The van der Waals surface area contributed by atoms with E-state index in [2.05, 4.69) is 0 Å². The van der Waals surface area contributed by atoms with Crippen molar-refractivity contribution in [2.75, 3.05) is 27.1 Å². The van der Waals surface area contributed by atoms with Crippen LogP contribution in [0.25, 0.3) is 0 Å². The van der Waals surface area contributed by atoms with E-state index in [1.165, 1.54) is 0 Å². The SMILES string of the molecule is COCOCCC1COC(C)(C)O1. The average Bonchev–Trinajstić information content (AvgIpc) is 2.40. The Kier molecular flexibility index (Phi) is 4.12. The third-order valence-corrected chi connectivity index (χ3v) is 1.85. The predicted octanol–water partition coefficient (Wildman–Crippen LogP) is 1.15. The van der Waals surface area contributed by atoms with Gasteiger partial charge >= 0.3 is 0 Å². The molecule has 0 N–H and O–H groups in total. The van der Waals surface area contributed by atoms with Crippen LogP contribution < -0.4 is 0 Å². The molecule has 78 valence electrons. The zero-order valence-electron chi connectivity index (χ0n) is 8.54. The van der Waals surface area contributed by atoms with E-state index in [1.807, 2.05) is 13.8 Å². The van der Waals surface area contributed by atoms with Gasteiger partial charge in [0, 0.05) is 7.11 Å². The third kappa shape index (κ3) is 4.04. The first-order valence-electron chi connectivity index (χ1n) is 4.52. The largest absolute Gasteiger partial charge is 0.359 e. The molecule has 0 radical (unpaired) electrons. The summed E-state index contributed by atoms with van der Waals surface area (Å²) in [6, 6.07) is 0. The van der Waals surface area contributed by atoms with Gasteiger partial charge in [0.25, 0.3) is 0 Å². The maximum Gasteiger partial charge on any atom is 0.163 e. The van der Waals surface area contributed by atoms with Crippen molar-refractivity contribution >= 4 is 0 Å². The quantitative estimate of drug-likeness (QED) is 0.481. The predicted molar refractivity (Wildman–Crippen MR) is 47.3 cm³/mol. The van der Waals surface area contributed by atoms with Crippen LogP contribution in [0.2, 0.25) is 0 Å². The van der Waals surface area contributed by atoms with Gasteiger partial charge in [-0.25, -0.2) is 0 Å². The Hall–Kier alpha value is -0.160. The van der Waals surface area contributed by atoms with Crippen molar-refractivity contribution in [3.05, 3.63) is 0 Å². The normalized spacial score (nSPS) is 26.5. The van der Waals surface area contributed by atoms with E-state index < -0.39 is 5.79 Å². The Balaban J connectivity index is 2.04. The Morgan fingerprint density at radius 3 is 2.77 bits per heavy atom. The summed E-state index contributed by atoms with van der Waals surface area (Å²) in [4.78, 5) is 0. The Morgan fingerprint density at radius 1 is 1.46 bits per heavy atom. The number of ether oxygens (including phenoxy) is 4. The standard InChI is InChI=1S/C9H18O4/c1-9(2)12-6-8(13-9)4-5-11-7-10-3/h8H,4-7H2,1-3H3. The van der Waals surface area contributed by atoms with Crippen LogP contribution in [0.3, 0.4) is 0 Å². The molecule has 0 bridgehead atoms. The van der Waals surface area contributed by atoms with Gasteiger partial charge in [0.15, 0.2) is 5.79 Å². The van der Waals surface area contributed by atoms with Crippen LogP contribution in [0.4, 0.5) is 0 Å². The first-order valence-corrected chi connectivity index (χ1v) is 4.52. The summed E-state index contributed by atoms with van der Waals surface area (Å²) in [6.07, 6.45) is 1.01. The van der Waals surface area contributed by atoms with Crippen LogP contribution in [0, 0.1) is 0 Å². The zero-order chi connectivity index (χ0) is 9.73. The van der Waals surface area contributed by atoms with Crippen molar-refractivity contribution in [3.8, 4) is 0 Å². The van der Waals surface area contributed by atoms with Crippen molar-refractivity contribution in [1.29, 1.82) is 0 Å². The molecule has 0 saturated carbocycles. The minimum atomic E-state index is -0.425. The average molecular weight is 190 g/mol. The number of hydrogen-bond donors (Lipinski definition) is 0. The summed E-state index contributed by atoms with van der Waals surface area (Å²) < 4.78 is 20.9. The molecular weight excluding hydrogens is 172 g/mol. The highest BCUT2D eigenvalue weighted by Gasteiger charge is 2.32. The number of methoxy groups -OCH3 is 1. The van der Waals surface area contributed by atoms with E-state index in [1.54, 1.807) is 7.11 Å². The lowest BCUT2D eigenvalue weighted by Gasteiger charge is -2.16. The number of hydrogen-bond acceptors (Lipinski definition) is 4. The molecule has 1 aliphatic rings. The summed E-state index contributed by atoms with van der Waals surface area (Å²) in [7, 11) is 1.61. The fourth-order valence-electron chi connectivity index (χ4n) is 1.26. The van der Waals surface area contributed by atoms with E-state index in [-0.39, 0.29) is 6.10 Å². The lowest BCUT2D eigenvalue weighted by molar-refractivity contribution is -0.141. The van der Waals surface area contributed by atoms with Gasteiger partial charge in [0.1, 0.15) is 6.79 Å². The van der Waals surface area contributed by atoms with Gasteiger partial charge in [-0.1, -0.05) is 0 Å². The molecule has 0 aromatic heterocycles. The summed E-state index contributed by atoms with van der Waals surface area (Å²) in [5, 5.41) is 0. The van der Waals surface area contributed by atoms with E-state index >= 15 is 0 Å². The van der Waals surface area contributed by atoms with Gasteiger partial charge < -0.3 is 18.9 Å². The minimum absolute atomic E-state index is 0.159. The van der Waals surface area contributed by atoms with Gasteiger partial charge in [-0.05, 0) is 20.3 Å². The molecule has 1 aliphatic heterocycles. The van der Waals surface area contributed by atoms with Gasteiger partial charge in [-0.15, -0.1) is 0 Å². The minimum Gasteiger partial charge on any atom is -0.359 e. The van der Waals surface area contributed by atoms with Crippen molar-refractivity contribution in [1.82, 2.24) is 0 Å². The van der Waals surface area contributed by atoms with Crippen LogP contribution >= 0.6 is 0 Å². The van der Waals surface area contributed by atoms with Crippen molar-refractivity contribution in [3.63, 3.8) is 0 Å². The highest BCUT2D eigenvalue weighted by molar-refractivity contribution is 4.70. The summed E-state index contributed by atoms with van der Waals surface area (Å²) in [5.41, 5.74) is 0. The van der Waals surface area contributed by atoms with E-state index in [4.69, 9.17) is 18.9 Å². The van der Waals surface area contributed by atoms with Gasteiger partial charge in [-0.3, -0.25) is 0 Å². The van der Waals surface area contributed by atoms with Crippen molar-refractivity contribution < 1.29 is 18.9 Å². The molecule has 0 amide bonds. The topological polar surface area (TPSA) is 36.9 Å². The molecule has 4 heteroatoms. The van der Waals surface area contributed by atoms with E-state index in [9.17, 15) is 0 Å². The second kappa shape index (κ2) is 4.91. The summed E-state index contributed by atoms with van der Waals surface area (Å²) >= 11 is 0. The Morgan fingerprint density at radius 2 is 2.23 bits per heavy atom. The smallest absolute Gasteiger partial charge is 0.163 e. The van der Waals surface area contributed by atoms with Crippen molar-refractivity contribution in [2.24, 2.45) is 0 Å². The van der Waals surface area contributed by atoms with Gasteiger partial charge in [0.05, 0.1) is 19.3 Å². The third-order valence-electron chi connectivity index (χ3n) is 1.85. The molecule has 0 aromatic carbocycles. The van der Waals surface area contributed by atoms with Crippen LogP contribution in [0.15, 0.2) is 0 Å². The maximum absolute atomic E-state index is 5.59. The molecule has 1 atom stereocenters.